The van der Waals surface area contributed by atoms with Crippen LogP contribution in [0.5, 0.6) is 11.5 Å². The fraction of sp³-hybridized carbons (Fsp3) is 0.130. The Bertz CT molecular complexity index is 1170. The molecule has 31 heavy (non-hydrogen) atoms. The van der Waals surface area contributed by atoms with Crippen molar-refractivity contribution in [1.82, 2.24) is 9.78 Å². The minimum absolute atomic E-state index is 0.187. The van der Waals surface area contributed by atoms with E-state index in [2.05, 4.69) is 10.4 Å². The van der Waals surface area contributed by atoms with E-state index in [9.17, 15) is 4.79 Å². The molecule has 0 saturated heterocycles. The SMILES string of the molecule is COc1ccc(OCc2ccc(C(=O)Nc3cnn(Cc4ccccc4Cl)c3)o2)cc1. The number of methoxy groups -OCH3 is 1. The lowest BCUT2D eigenvalue weighted by molar-refractivity contribution is 0.0992. The number of anilines is 1. The number of carbonyl (C=O) groups is 1. The Morgan fingerprint density at radius 2 is 1.87 bits per heavy atom. The van der Waals surface area contributed by atoms with E-state index in [0.29, 0.717) is 28.8 Å². The van der Waals surface area contributed by atoms with Crippen LogP contribution < -0.4 is 14.8 Å². The van der Waals surface area contributed by atoms with Gasteiger partial charge in [0.25, 0.3) is 5.91 Å². The van der Waals surface area contributed by atoms with Gasteiger partial charge in [-0.3, -0.25) is 9.48 Å². The van der Waals surface area contributed by atoms with Crippen molar-refractivity contribution in [2.75, 3.05) is 12.4 Å². The van der Waals surface area contributed by atoms with Gasteiger partial charge in [-0.1, -0.05) is 29.8 Å². The lowest BCUT2D eigenvalue weighted by Crippen LogP contribution is -2.10. The summed E-state index contributed by atoms with van der Waals surface area (Å²) in [6.45, 7) is 0.707. The highest BCUT2D eigenvalue weighted by atomic mass is 35.5. The first-order valence-electron chi connectivity index (χ1n) is 9.53. The predicted octanol–water partition coefficient (Wildman–Crippen LogP) is 5.02. The van der Waals surface area contributed by atoms with Crippen LogP contribution in [0, 0.1) is 0 Å². The van der Waals surface area contributed by atoms with Gasteiger partial charge in [-0.15, -0.1) is 0 Å². The number of nitrogens with one attached hydrogen (secondary N) is 1. The van der Waals surface area contributed by atoms with Crippen LogP contribution in [0.25, 0.3) is 0 Å². The second-order valence-electron chi connectivity index (χ2n) is 6.70. The number of rotatable bonds is 8. The van der Waals surface area contributed by atoms with Crippen molar-refractivity contribution < 1.29 is 18.7 Å². The summed E-state index contributed by atoms with van der Waals surface area (Å²) in [5.41, 5.74) is 1.50. The molecule has 1 amide bonds. The Morgan fingerprint density at radius 1 is 1.10 bits per heavy atom. The second kappa shape index (κ2) is 9.40. The minimum atomic E-state index is -0.368. The van der Waals surface area contributed by atoms with Gasteiger partial charge in [0, 0.05) is 11.2 Å². The fourth-order valence-corrected chi connectivity index (χ4v) is 3.11. The zero-order chi connectivity index (χ0) is 21.6. The monoisotopic (exact) mass is 437 g/mol. The van der Waals surface area contributed by atoms with E-state index in [0.717, 1.165) is 11.3 Å². The number of ether oxygens (including phenoxy) is 2. The van der Waals surface area contributed by atoms with E-state index < -0.39 is 0 Å². The predicted molar refractivity (Wildman–Crippen MR) is 117 cm³/mol. The number of benzene rings is 2. The summed E-state index contributed by atoms with van der Waals surface area (Å²) >= 11 is 6.19. The molecule has 2 aromatic heterocycles. The number of hydrogen-bond acceptors (Lipinski definition) is 5. The van der Waals surface area contributed by atoms with Crippen LogP contribution >= 0.6 is 11.6 Å². The molecule has 1 N–H and O–H groups in total. The van der Waals surface area contributed by atoms with Gasteiger partial charge in [-0.25, -0.2) is 0 Å². The van der Waals surface area contributed by atoms with Gasteiger partial charge in [0.15, 0.2) is 5.76 Å². The first-order valence-corrected chi connectivity index (χ1v) is 9.91. The molecular formula is C23H20ClN3O4. The topological polar surface area (TPSA) is 78.5 Å². The van der Waals surface area contributed by atoms with Crippen molar-refractivity contribution in [3.63, 3.8) is 0 Å². The molecule has 0 atom stereocenters. The summed E-state index contributed by atoms with van der Waals surface area (Å²) in [6.07, 6.45) is 3.31. The summed E-state index contributed by atoms with van der Waals surface area (Å²) in [6, 6.07) is 18.1. The summed E-state index contributed by atoms with van der Waals surface area (Å²) in [4.78, 5) is 12.5. The number of carbonyl (C=O) groups excluding carboxylic acids is 1. The molecule has 158 valence electrons. The van der Waals surface area contributed by atoms with Crippen molar-refractivity contribution in [3.05, 3.63) is 95.2 Å². The molecule has 4 rings (SSSR count). The van der Waals surface area contributed by atoms with Crippen molar-refractivity contribution in [3.8, 4) is 11.5 Å². The van der Waals surface area contributed by atoms with Gasteiger partial charge in [-0.05, 0) is 48.0 Å². The molecule has 2 aromatic carbocycles. The second-order valence-corrected chi connectivity index (χ2v) is 7.11. The Balaban J connectivity index is 1.32. The molecule has 7 nitrogen and oxygen atoms in total. The van der Waals surface area contributed by atoms with Crippen molar-refractivity contribution in [1.29, 1.82) is 0 Å². The van der Waals surface area contributed by atoms with Gasteiger partial charge < -0.3 is 19.2 Å². The molecule has 0 radical (unpaired) electrons. The van der Waals surface area contributed by atoms with Crippen LogP contribution in [0.4, 0.5) is 5.69 Å². The molecule has 0 spiro atoms. The highest BCUT2D eigenvalue weighted by Crippen LogP contribution is 2.20. The first kappa shape index (κ1) is 20.6. The fourth-order valence-electron chi connectivity index (χ4n) is 2.91. The zero-order valence-electron chi connectivity index (χ0n) is 16.7. The number of furan rings is 1. The van der Waals surface area contributed by atoms with Gasteiger partial charge in [0.05, 0.1) is 25.5 Å². The van der Waals surface area contributed by atoms with E-state index in [1.54, 1.807) is 48.5 Å². The Hall–Kier alpha value is -3.71. The van der Waals surface area contributed by atoms with Gasteiger partial charge in [-0.2, -0.15) is 5.10 Å². The van der Waals surface area contributed by atoms with E-state index >= 15 is 0 Å². The van der Waals surface area contributed by atoms with Crippen molar-refractivity contribution in [2.24, 2.45) is 0 Å². The van der Waals surface area contributed by atoms with Crippen LogP contribution in [-0.2, 0) is 13.2 Å². The van der Waals surface area contributed by atoms with Crippen LogP contribution in [0.15, 0.2) is 77.5 Å². The molecule has 0 bridgehead atoms. The number of halogens is 1. The standard InChI is InChI=1S/C23H20ClN3O4/c1-29-18-6-8-19(9-7-18)30-15-20-10-11-22(31-20)23(28)26-17-12-25-27(14-17)13-16-4-2-3-5-21(16)24/h2-12,14H,13,15H2,1H3,(H,26,28). The molecule has 0 aliphatic heterocycles. The molecule has 0 unspecified atom stereocenters. The average Bonchev–Trinajstić information content (AvgIpc) is 3.44. The van der Waals surface area contributed by atoms with Gasteiger partial charge >= 0.3 is 0 Å². The van der Waals surface area contributed by atoms with Crippen LogP contribution in [0.3, 0.4) is 0 Å². The highest BCUT2D eigenvalue weighted by molar-refractivity contribution is 6.31. The van der Waals surface area contributed by atoms with E-state index in [-0.39, 0.29) is 18.3 Å². The molecule has 0 saturated carbocycles. The molecular weight excluding hydrogens is 418 g/mol. The summed E-state index contributed by atoms with van der Waals surface area (Å²) in [5.74, 6) is 1.78. The van der Waals surface area contributed by atoms with Gasteiger partial charge in [0.2, 0.25) is 0 Å². The third kappa shape index (κ3) is 5.26. The van der Waals surface area contributed by atoms with E-state index in [1.165, 1.54) is 0 Å². The molecule has 8 heteroatoms. The zero-order valence-corrected chi connectivity index (χ0v) is 17.5. The van der Waals surface area contributed by atoms with E-state index in [4.69, 9.17) is 25.5 Å². The highest BCUT2D eigenvalue weighted by Gasteiger charge is 2.13. The third-order valence-corrected chi connectivity index (χ3v) is 4.88. The average molecular weight is 438 g/mol. The Labute approximate surface area is 184 Å². The normalized spacial score (nSPS) is 10.6. The molecule has 2 heterocycles. The lowest BCUT2D eigenvalue weighted by Gasteiger charge is -2.05. The Morgan fingerprint density at radius 3 is 2.65 bits per heavy atom. The molecule has 0 aliphatic rings. The summed E-state index contributed by atoms with van der Waals surface area (Å²) in [5, 5.41) is 7.71. The van der Waals surface area contributed by atoms with Crippen LogP contribution in [-0.4, -0.2) is 22.8 Å². The largest absolute Gasteiger partial charge is 0.497 e. The summed E-state index contributed by atoms with van der Waals surface area (Å²) in [7, 11) is 1.61. The maximum atomic E-state index is 12.5. The molecule has 0 fully saturated rings. The number of nitrogens with zero attached hydrogens (tertiary/aromatic N) is 2. The maximum absolute atomic E-state index is 12.5. The third-order valence-electron chi connectivity index (χ3n) is 4.51. The van der Waals surface area contributed by atoms with Crippen molar-refractivity contribution in [2.45, 2.75) is 13.2 Å². The summed E-state index contributed by atoms with van der Waals surface area (Å²) < 4.78 is 18.1. The maximum Gasteiger partial charge on any atom is 0.291 e. The smallest absolute Gasteiger partial charge is 0.291 e. The van der Waals surface area contributed by atoms with Crippen LogP contribution in [0.2, 0.25) is 5.02 Å². The Kier molecular flexibility index (Phi) is 6.24. The number of aromatic nitrogens is 2. The first-order chi connectivity index (χ1) is 15.1. The van der Waals surface area contributed by atoms with Gasteiger partial charge in [0.1, 0.15) is 23.9 Å². The quantitative estimate of drug-likeness (QED) is 0.419. The minimum Gasteiger partial charge on any atom is -0.497 e. The number of amides is 1. The van der Waals surface area contributed by atoms with Crippen molar-refractivity contribution >= 4 is 23.2 Å². The molecule has 0 aliphatic carbocycles. The van der Waals surface area contributed by atoms with E-state index in [1.807, 2.05) is 36.4 Å². The number of hydrogen-bond donors (Lipinski definition) is 1. The van der Waals surface area contributed by atoms with Crippen LogP contribution in [0.1, 0.15) is 21.9 Å². The molecule has 4 aromatic rings. The lowest BCUT2D eigenvalue weighted by atomic mass is 10.2.